The maximum absolute atomic E-state index is 11.1. The predicted molar refractivity (Wildman–Crippen MR) is 115 cm³/mol. The number of hydrogen-bond donors (Lipinski definition) is 0. The first-order valence-electron chi connectivity index (χ1n) is 9.71. The van der Waals surface area contributed by atoms with Crippen LogP contribution in [0.5, 0.6) is 0 Å². The van der Waals surface area contributed by atoms with E-state index >= 15 is 0 Å². The molecule has 2 aromatic carbocycles. The standard InChI is InChI=1S/C21H23N5O2S/c1-15-8-10-18(11-9-15)25-20(24-12-3-4-13-24)22-23-21(25)29-16(2)17-6-5-7-19(14-17)26(27)28/h5-11,14,16H,3-4,12-13H2,1-2H3. The third-order valence-corrected chi connectivity index (χ3v) is 6.23. The molecule has 8 heteroatoms. The molecule has 4 rings (SSSR count). The molecule has 29 heavy (non-hydrogen) atoms. The van der Waals surface area contributed by atoms with Gasteiger partial charge in [-0.1, -0.05) is 41.6 Å². The molecule has 3 aromatic rings. The van der Waals surface area contributed by atoms with Crippen LogP contribution in [0.3, 0.4) is 0 Å². The van der Waals surface area contributed by atoms with Gasteiger partial charge in [0.1, 0.15) is 0 Å². The summed E-state index contributed by atoms with van der Waals surface area (Å²) in [4.78, 5) is 13.0. The molecule has 1 atom stereocenters. The Labute approximate surface area is 173 Å². The van der Waals surface area contributed by atoms with Crippen LogP contribution >= 0.6 is 11.8 Å². The summed E-state index contributed by atoms with van der Waals surface area (Å²) in [5, 5.41) is 20.9. The highest BCUT2D eigenvalue weighted by molar-refractivity contribution is 7.99. The van der Waals surface area contributed by atoms with Gasteiger partial charge in [0.25, 0.3) is 5.69 Å². The summed E-state index contributed by atoms with van der Waals surface area (Å²) in [5.74, 6) is 0.861. The highest BCUT2D eigenvalue weighted by Crippen LogP contribution is 2.38. The van der Waals surface area contributed by atoms with Crippen molar-refractivity contribution in [1.82, 2.24) is 14.8 Å². The molecule has 2 heterocycles. The number of thioether (sulfide) groups is 1. The minimum atomic E-state index is -0.360. The summed E-state index contributed by atoms with van der Waals surface area (Å²) < 4.78 is 2.10. The number of aryl methyl sites for hydroxylation is 1. The van der Waals surface area contributed by atoms with E-state index in [-0.39, 0.29) is 15.9 Å². The molecule has 7 nitrogen and oxygen atoms in total. The topological polar surface area (TPSA) is 77.1 Å². The van der Waals surface area contributed by atoms with E-state index < -0.39 is 0 Å². The fourth-order valence-corrected chi connectivity index (χ4v) is 4.48. The van der Waals surface area contributed by atoms with Crippen LogP contribution in [-0.4, -0.2) is 32.8 Å². The molecule has 1 aliphatic heterocycles. The van der Waals surface area contributed by atoms with E-state index in [1.54, 1.807) is 23.9 Å². The SMILES string of the molecule is Cc1ccc(-n2c(SC(C)c3cccc([N+](=O)[O-])c3)nnc2N2CCCC2)cc1. The number of hydrogen-bond acceptors (Lipinski definition) is 6. The molecule has 0 N–H and O–H groups in total. The van der Waals surface area contributed by atoms with Crippen LogP contribution in [-0.2, 0) is 0 Å². The van der Waals surface area contributed by atoms with Gasteiger partial charge in [-0.3, -0.25) is 14.7 Å². The molecule has 0 radical (unpaired) electrons. The fourth-order valence-electron chi connectivity index (χ4n) is 3.50. The largest absolute Gasteiger partial charge is 0.341 e. The van der Waals surface area contributed by atoms with Gasteiger partial charge < -0.3 is 4.90 Å². The predicted octanol–water partition coefficient (Wildman–Crippen LogP) is 4.94. The van der Waals surface area contributed by atoms with Crippen LogP contribution in [0.1, 0.15) is 36.1 Å². The second-order valence-electron chi connectivity index (χ2n) is 7.26. The lowest BCUT2D eigenvalue weighted by molar-refractivity contribution is -0.384. The number of benzene rings is 2. The van der Waals surface area contributed by atoms with E-state index in [1.165, 1.54) is 11.6 Å². The van der Waals surface area contributed by atoms with Gasteiger partial charge in [-0.15, -0.1) is 10.2 Å². The lowest BCUT2D eigenvalue weighted by Gasteiger charge is -2.19. The number of aromatic nitrogens is 3. The third-order valence-electron chi connectivity index (χ3n) is 5.13. The quantitative estimate of drug-likeness (QED) is 0.326. The molecule has 1 aromatic heterocycles. The molecule has 0 bridgehead atoms. The van der Waals surface area contributed by atoms with Gasteiger partial charge in [0, 0.05) is 30.5 Å². The summed E-state index contributed by atoms with van der Waals surface area (Å²) in [5.41, 5.74) is 3.22. The molecular formula is C21H23N5O2S. The number of rotatable bonds is 6. The van der Waals surface area contributed by atoms with E-state index in [9.17, 15) is 10.1 Å². The van der Waals surface area contributed by atoms with Crippen molar-refractivity contribution in [2.24, 2.45) is 0 Å². The molecule has 0 amide bonds. The van der Waals surface area contributed by atoms with Gasteiger partial charge in [0.05, 0.1) is 10.6 Å². The third kappa shape index (κ3) is 4.12. The van der Waals surface area contributed by atoms with Crippen LogP contribution < -0.4 is 4.90 Å². The number of non-ortho nitro benzene ring substituents is 1. The van der Waals surface area contributed by atoms with Crippen molar-refractivity contribution < 1.29 is 4.92 Å². The Kier molecular flexibility index (Phi) is 5.53. The minimum Gasteiger partial charge on any atom is -0.341 e. The number of nitrogens with zero attached hydrogens (tertiary/aromatic N) is 5. The van der Waals surface area contributed by atoms with Crippen molar-refractivity contribution in [3.63, 3.8) is 0 Å². The first-order chi connectivity index (χ1) is 14.0. The first kappa shape index (κ1) is 19.4. The fraction of sp³-hybridized carbons (Fsp3) is 0.333. The van der Waals surface area contributed by atoms with Gasteiger partial charge >= 0.3 is 0 Å². The van der Waals surface area contributed by atoms with Crippen molar-refractivity contribution in [3.05, 3.63) is 69.8 Å². The monoisotopic (exact) mass is 409 g/mol. The Hall–Kier alpha value is -2.87. The Morgan fingerprint density at radius 1 is 1.10 bits per heavy atom. The van der Waals surface area contributed by atoms with E-state index in [2.05, 4.69) is 50.9 Å². The molecule has 1 saturated heterocycles. The number of nitro groups is 1. The van der Waals surface area contributed by atoms with Crippen molar-refractivity contribution in [2.45, 2.75) is 37.1 Å². The van der Waals surface area contributed by atoms with Crippen LogP contribution in [0, 0.1) is 17.0 Å². The van der Waals surface area contributed by atoms with Crippen LogP contribution in [0.2, 0.25) is 0 Å². The summed E-state index contributed by atoms with van der Waals surface area (Å²) >= 11 is 1.56. The van der Waals surface area contributed by atoms with Crippen molar-refractivity contribution in [1.29, 1.82) is 0 Å². The van der Waals surface area contributed by atoms with Crippen molar-refractivity contribution in [2.75, 3.05) is 18.0 Å². The number of nitro benzene ring substituents is 1. The molecule has 0 aliphatic carbocycles. The molecule has 150 valence electrons. The van der Waals surface area contributed by atoms with Crippen LogP contribution in [0.15, 0.2) is 53.7 Å². The van der Waals surface area contributed by atoms with E-state index in [4.69, 9.17) is 0 Å². The maximum atomic E-state index is 11.1. The lowest BCUT2D eigenvalue weighted by atomic mass is 10.1. The Morgan fingerprint density at radius 3 is 2.52 bits per heavy atom. The molecule has 1 unspecified atom stereocenters. The number of anilines is 1. The molecule has 1 fully saturated rings. The van der Waals surface area contributed by atoms with E-state index in [0.717, 1.165) is 48.3 Å². The first-order valence-corrected chi connectivity index (χ1v) is 10.6. The zero-order valence-corrected chi connectivity index (χ0v) is 17.3. The maximum Gasteiger partial charge on any atom is 0.269 e. The summed E-state index contributed by atoms with van der Waals surface area (Å²) in [6.07, 6.45) is 2.32. The zero-order valence-electron chi connectivity index (χ0n) is 16.5. The highest BCUT2D eigenvalue weighted by atomic mass is 32.2. The van der Waals surface area contributed by atoms with E-state index in [1.807, 2.05) is 13.0 Å². The lowest BCUT2D eigenvalue weighted by Crippen LogP contribution is -2.22. The normalized spacial score (nSPS) is 14.9. The molecular weight excluding hydrogens is 386 g/mol. The van der Waals surface area contributed by atoms with Gasteiger partial charge in [-0.25, -0.2) is 0 Å². The van der Waals surface area contributed by atoms with Crippen molar-refractivity contribution in [3.8, 4) is 5.69 Å². The van der Waals surface area contributed by atoms with Crippen LogP contribution in [0.4, 0.5) is 11.6 Å². The second kappa shape index (κ2) is 8.24. The summed E-state index contributed by atoms with van der Waals surface area (Å²) in [7, 11) is 0. The Bertz CT molecular complexity index is 1010. The second-order valence-corrected chi connectivity index (χ2v) is 8.57. The van der Waals surface area contributed by atoms with E-state index in [0.29, 0.717) is 0 Å². The zero-order chi connectivity index (χ0) is 20.4. The Morgan fingerprint density at radius 2 is 1.83 bits per heavy atom. The average molecular weight is 410 g/mol. The highest BCUT2D eigenvalue weighted by Gasteiger charge is 2.24. The van der Waals surface area contributed by atoms with Crippen LogP contribution in [0.25, 0.3) is 5.69 Å². The van der Waals surface area contributed by atoms with Gasteiger partial charge in [0.2, 0.25) is 5.95 Å². The molecule has 0 saturated carbocycles. The van der Waals surface area contributed by atoms with Gasteiger partial charge in [-0.2, -0.15) is 0 Å². The minimum absolute atomic E-state index is 0.00488. The van der Waals surface area contributed by atoms with Crippen molar-refractivity contribution >= 4 is 23.4 Å². The summed E-state index contributed by atoms with van der Waals surface area (Å²) in [6.45, 7) is 6.06. The average Bonchev–Trinajstić information content (AvgIpc) is 3.38. The Balaban J connectivity index is 1.69. The molecule has 1 aliphatic rings. The molecule has 0 spiro atoms. The van der Waals surface area contributed by atoms with Gasteiger partial charge in [0.15, 0.2) is 5.16 Å². The van der Waals surface area contributed by atoms with Gasteiger partial charge in [-0.05, 0) is 44.4 Å². The summed E-state index contributed by atoms with van der Waals surface area (Å²) in [6, 6.07) is 15.1. The smallest absolute Gasteiger partial charge is 0.269 e.